The summed E-state index contributed by atoms with van der Waals surface area (Å²) in [6.45, 7) is 4.06. The van der Waals surface area contributed by atoms with E-state index in [0.29, 0.717) is 23.9 Å². The second kappa shape index (κ2) is 47.5. The number of unbranched alkanes of at least 4 members (excludes halogenated alkanes) is 22. The molecule has 2 atom stereocenters. The number of phosphoric ester groups is 1. The molecule has 0 saturated heterocycles. The number of likely N-dealkylation sites (N-methyl/N-ethyl adjacent to an activating group) is 1. The van der Waals surface area contributed by atoms with Crippen LogP contribution in [0.15, 0.2) is 72.9 Å². The molecule has 1 unspecified atom stereocenters. The third-order valence-electron chi connectivity index (χ3n) is 11.2. The van der Waals surface area contributed by atoms with Crippen LogP contribution < -0.4 is 4.89 Å². The molecule has 9 nitrogen and oxygen atoms in total. The molecule has 66 heavy (non-hydrogen) atoms. The highest BCUT2D eigenvalue weighted by molar-refractivity contribution is 7.45. The van der Waals surface area contributed by atoms with Gasteiger partial charge in [0.05, 0.1) is 27.7 Å². The highest BCUT2D eigenvalue weighted by atomic mass is 31.2. The molecule has 382 valence electrons. The van der Waals surface area contributed by atoms with E-state index in [-0.39, 0.29) is 26.1 Å². The highest BCUT2D eigenvalue weighted by Crippen LogP contribution is 2.38. The number of allylic oxidation sites excluding steroid dienone is 12. The van der Waals surface area contributed by atoms with Crippen LogP contribution in [0.25, 0.3) is 0 Å². The van der Waals surface area contributed by atoms with Gasteiger partial charge in [-0.05, 0) is 77.0 Å². The molecule has 0 aromatic heterocycles. The summed E-state index contributed by atoms with van der Waals surface area (Å²) >= 11 is 0. The van der Waals surface area contributed by atoms with E-state index < -0.39 is 32.5 Å². The van der Waals surface area contributed by atoms with Gasteiger partial charge < -0.3 is 27.9 Å². The van der Waals surface area contributed by atoms with Crippen LogP contribution in [0.5, 0.6) is 0 Å². The van der Waals surface area contributed by atoms with Crippen LogP contribution in [-0.4, -0.2) is 70.0 Å². The Kier molecular flexibility index (Phi) is 45.7. The molecule has 0 amide bonds. The van der Waals surface area contributed by atoms with Gasteiger partial charge in [-0.2, -0.15) is 0 Å². The lowest BCUT2D eigenvalue weighted by Crippen LogP contribution is -2.37. The molecule has 0 heterocycles. The van der Waals surface area contributed by atoms with Gasteiger partial charge in [0.2, 0.25) is 0 Å². The van der Waals surface area contributed by atoms with Crippen LogP contribution >= 0.6 is 7.82 Å². The number of hydrogen-bond donors (Lipinski definition) is 0. The first kappa shape index (κ1) is 63.5. The van der Waals surface area contributed by atoms with Crippen molar-refractivity contribution < 1.29 is 42.1 Å². The van der Waals surface area contributed by atoms with Gasteiger partial charge in [-0.15, -0.1) is 0 Å². The minimum absolute atomic E-state index is 0.0438. The van der Waals surface area contributed by atoms with Gasteiger partial charge in [0, 0.05) is 12.8 Å². The van der Waals surface area contributed by atoms with E-state index in [0.717, 1.165) is 64.2 Å². The van der Waals surface area contributed by atoms with Gasteiger partial charge in [-0.25, -0.2) is 0 Å². The van der Waals surface area contributed by atoms with E-state index in [4.69, 9.17) is 18.5 Å². The van der Waals surface area contributed by atoms with E-state index in [1.165, 1.54) is 116 Å². The Balaban J connectivity index is 4.31. The summed E-state index contributed by atoms with van der Waals surface area (Å²) in [5, 5.41) is 0. The van der Waals surface area contributed by atoms with Crippen LogP contribution in [0.4, 0.5) is 0 Å². The van der Waals surface area contributed by atoms with Crippen molar-refractivity contribution in [3.63, 3.8) is 0 Å². The predicted molar refractivity (Wildman–Crippen MR) is 277 cm³/mol. The zero-order valence-electron chi connectivity index (χ0n) is 43.1. The average Bonchev–Trinajstić information content (AvgIpc) is 3.27. The Morgan fingerprint density at radius 2 is 0.879 bits per heavy atom. The smallest absolute Gasteiger partial charge is 0.306 e. The van der Waals surface area contributed by atoms with Crippen LogP contribution in [0.1, 0.15) is 219 Å². The normalized spacial score (nSPS) is 14.0. The Morgan fingerprint density at radius 3 is 1.35 bits per heavy atom. The molecule has 0 N–H and O–H groups in total. The second-order valence-electron chi connectivity index (χ2n) is 18.9. The molecule has 0 saturated carbocycles. The van der Waals surface area contributed by atoms with Crippen molar-refractivity contribution in [1.82, 2.24) is 0 Å². The van der Waals surface area contributed by atoms with E-state index in [1.807, 2.05) is 21.1 Å². The molecular formula is C56H100NO8P. The zero-order chi connectivity index (χ0) is 48.5. The summed E-state index contributed by atoms with van der Waals surface area (Å²) in [5.74, 6) is -0.909. The first-order chi connectivity index (χ1) is 32.0. The van der Waals surface area contributed by atoms with Crippen molar-refractivity contribution in [3.8, 4) is 0 Å². The summed E-state index contributed by atoms with van der Waals surface area (Å²) < 4.78 is 34.0. The third-order valence-corrected chi connectivity index (χ3v) is 12.2. The monoisotopic (exact) mass is 946 g/mol. The van der Waals surface area contributed by atoms with E-state index in [2.05, 4.69) is 86.8 Å². The highest BCUT2D eigenvalue weighted by Gasteiger charge is 2.21. The van der Waals surface area contributed by atoms with Gasteiger partial charge in [0.25, 0.3) is 7.82 Å². The molecule has 0 radical (unpaired) electrons. The lowest BCUT2D eigenvalue weighted by atomic mass is 10.0. The number of carbonyl (C=O) groups is 2. The third kappa shape index (κ3) is 50.9. The van der Waals surface area contributed by atoms with Crippen LogP contribution in [0.3, 0.4) is 0 Å². The first-order valence-corrected chi connectivity index (χ1v) is 28.1. The molecule has 0 bridgehead atoms. The van der Waals surface area contributed by atoms with Crippen LogP contribution in [0, 0.1) is 0 Å². The Labute approximate surface area is 406 Å². The Morgan fingerprint density at radius 1 is 0.485 bits per heavy atom. The number of nitrogens with zero attached hydrogens (tertiary/aromatic N) is 1. The number of esters is 2. The lowest BCUT2D eigenvalue weighted by molar-refractivity contribution is -0.870. The predicted octanol–water partition coefficient (Wildman–Crippen LogP) is 15.5. The van der Waals surface area contributed by atoms with E-state index in [9.17, 15) is 19.0 Å². The number of carbonyl (C=O) groups excluding carboxylic acids is 2. The van der Waals surface area contributed by atoms with Gasteiger partial charge in [-0.1, -0.05) is 202 Å². The number of hydrogen-bond acceptors (Lipinski definition) is 8. The van der Waals surface area contributed by atoms with Gasteiger partial charge in [-0.3, -0.25) is 14.2 Å². The fraction of sp³-hybridized carbons (Fsp3) is 0.750. The minimum atomic E-state index is -4.65. The van der Waals surface area contributed by atoms with Crippen molar-refractivity contribution >= 4 is 19.8 Å². The quantitative estimate of drug-likeness (QED) is 0.0195. The first-order valence-electron chi connectivity index (χ1n) is 26.6. The molecule has 0 spiro atoms. The van der Waals surface area contributed by atoms with E-state index >= 15 is 0 Å². The van der Waals surface area contributed by atoms with Crippen LogP contribution in [0.2, 0.25) is 0 Å². The minimum Gasteiger partial charge on any atom is -0.756 e. The van der Waals surface area contributed by atoms with Crippen LogP contribution in [-0.2, 0) is 32.7 Å². The van der Waals surface area contributed by atoms with Gasteiger partial charge in [0.15, 0.2) is 6.10 Å². The maximum absolute atomic E-state index is 12.7. The molecule has 0 fully saturated rings. The molecule has 0 aromatic carbocycles. The molecular weight excluding hydrogens is 846 g/mol. The van der Waals surface area contributed by atoms with Gasteiger partial charge >= 0.3 is 11.9 Å². The fourth-order valence-corrected chi connectivity index (χ4v) is 7.83. The van der Waals surface area contributed by atoms with Crippen molar-refractivity contribution in [3.05, 3.63) is 72.9 Å². The average molecular weight is 946 g/mol. The zero-order valence-corrected chi connectivity index (χ0v) is 44.0. The maximum atomic E-state index is 12.7. The summed E-state index contributed by atoms with van der Waals surface area (Å²) in [7, 11) is 1.13. The van der Waals surface area contributed by atoms with Crippen molar-refractivity contribution in [2.75, 3.05) is 47.5 Å². The molecule has 10 heteroatoms. The summed E-state index contributed by atoms with van der Waals surface area (Å²) in [5.41, 5.74) is 0. The summed E-state index contributed by atoms with van der Waals surface area (Å²) in [4.78, 5) is 37.7. The molecule has 0 rings (SSSR count). The largest absolute Gasteiger partial charge is 0.756 e. The number of ether oxygens (including phenoxy) is 2. The molecule has 0 aliphatic carbocycles. The van der Waals surface area contributed by atoms with E-state index in [1.54, 1.807) is 0 Å². The molecule has 0 aromatic rings. The van der Waals surface area contributed by atoms with Crippen molar-refractivity contribution in [1.29, 1.82) is 0 Å². The second-order valence-corrected chi connectivity index (χ2v) is 20.3. The summed E-state index contributed by atoms with van der Waals surface area (Å²) in [6.07, 6.45) is 61.0. The molecule has 0 aliphatic heterocycles. The fourth-order valence-electron chi connectivity index (χ4n) is 7.10. The number of phosphoric acid groups is 1. The molecule has 0 aliphatic rings. The Hall–Kier alpha value is -2.55. The topological polar surface area (TPSA) is 111 Å². The standard InChI is InChI=1S/C56H100NO8P/c1-6-8-10-12-14-16-18-20-22-24-26-27-28-29-31-33-35-37-39-41-43-45-47-49-56(59)65-54(53-64-66(60,61)63-51-50-57(3,4)5)52-62-55(58)48-46-44-42-40-38-36-34-32-30-25-23-21-19-17-15-13-11-9-7-2/h9,11,15,17,21,23,30,32,36,38,41,43,54H,6-8,10,12-14,16,18-20,22,24-29,31,33-35,37,39-40,42,44-53H2,1-5H3/b11-9+,17-15+,23-21+,32-30+,38-36+,43-41+/t54-/m1/s1. The lowest BCUT2D eigenvalue weighted by Gasteiger charge is -2.28. The van der Waals surface area contributed by atoms with Gasteiger partial charge in [0.1, 0.15) is 19.8 Å². The SMILES string of the molecule is CC/C=C/C/C=C/C/C=C/C/C=C/C/C=C/CCCCCC(=O)OC[C@H](COP(=O)([O-])OCC[N+](C)(C)C)OC(=O)CCC/C=C/CCCCCCCCCCCCCCCCCCCC. The van der Waals surface area contributed by atoms with Crippen molar-refractivity contribution in [2.24, 2.45) is 0 Å². The number of quaternary nitrogens is 1. The van der Waals surface area contributed by atoms with Crippen molar-refractivity contribution in [2.45, 2.75) is 225 Å². The summed E-state index contributed by atoms with van der Waals surface area (Å²) in [6, 6.07) is 0. The maximum Gasteiger partial charge on any atom is 0.306 e. The number of rotatable bonds is 48. The Bertz CT molecular complexity index is 1350.